The van der Waals surface area contributed by atoms with E-state index in [-0.39, 0.29) is 31.4 Å². The predicted octanol–water partition coefficient (Wildman–Crippen LogP) is -5.92. The molecule has 6 heterocycles. The third kappa shape index (κ3) is 24.0. The third-order valence-corrected chi connectivity index (χ3v) is 21.4. The summed E-state index contributed by atoms with van der Waals surface area (Å²) in [4.78, 5) is 116. The number of carbonyl (C=O) groups excluding carboxylic acids is 8. The topological polar surface area (TPSA) is 662 Å². The van der Waals surface area contributed by atoms with Crippen molar-refractivity contribution < 1.29 is 172 Å². The Bertz CT molecular complexity index is 4310. The molecule has 10 rings (SSSR count). The van der Waals surface area contributed by atoms with E-state index in [9.17, 15) is 120 Å². The molecule has 0 radical (unpaired) electrons. The second-order valence-electron chi connectivity index (χ2n) is 30.1. The van der Waals surface area contributed by atoms with Crippen LogP contribution < -0.4 is 31.9 Å². The number of allylic oxidation sites excluding steroid dienone is 1. The number of alkyl carbamates (subject to hydrolysis) is 1. The molecule has 5 aliphatic heterocycles. The maximum Gasteiger partial charge on any atom is 0.408 e. The van der Waals surface area contributed by atoms with Crippen LogP contribution in [0.4, 0.5) is 10.5 Å². The van der Waals surface area contributed by atoms with Crippen LogP contribution in [0.1, 0.15) is 88.5 Å². The molecule has 21 N–H and O–H groups in total. The number of amides is 6. The number of nitrogens with zero attached hydrogens (tertiary/aromatic N) is 3. The van der Waals surface area contributed by atoms with Gasteiger partial charge in [-0.2, -0.15) is 0 Å². The van der Waals surface area contributed by atoms with Gasteiger partial charge in [-0.1, -0.05) is 84.8 Å². The summed E-state index contributed by atoms with van der Waals surface area (Å²) >= 11 is 0. The normalized spacial score (nSPS) is 30.8. The van der Waals surface area contributed by atoms with Gasteiger partial charge in [0.1, 0.15) is 140 Å². The maximum absolute atomic E-state index is 13.8. The number of anilines is 1. The first-order valence-electron chi connectivity index (χ1n) is 39.7. The lowest BCUT2D eigenvalue weighted by Gasteiger charge is -2.50. The number of aryl methyl sites for hydroxylation is 1. The van der Waals surface area contributed by atoms with Crippen LogP contribution >= 0.6 is 0 Å². The standard InChI is InChI=1S/C79H105N9O35/c1-4-113-73(111)40(24-26-89)21-18-39-19-22-42(23-20-39)83-55(100)30-80-78(112)119-48-27-41-13-8-9-14-43(41)56-59(45-16-11-10-15-44(45)48)88(87-86-56)25-12-6-5-7-17-53(98)84-46(72(109)110)28-54(99)85-71-57(81-37(2)95)63(104)68(50(32-91)115-71)120-74-58(82-38(3)96)64(105)69(51(33-92)117-74)121-76-67(108)70(122-77-60(101)47(97)29-79(35-93,36-94)123-77)62(103)52(118-76)34-114-75-66(107)65(106)61(102)49(31-90)116-75/h8-11,13-16,18-24,26,46-52,57-58,60-71,74-77,90-94,97,101-108H,4-7,12,17,25,27-36H2,1-3H3,(H,80,112)(H,81,95)(H,82,96)(H,83,100)(H,84,98)(H,85,99)(H,109,110)/b21-18+,40-24+/t46?,47?,48?,49?,50?,51?,52?,57?,58?,60?,61-,62-,63?,64?,65?,66?,67?,68-,69-,70?,71-,74+,75+,76+,77+/m1/s1. The Morgan fingerprint density at radius 3 is 1.92 bits per heavy atom. The lowest BCUT2D eigenvalue weighted by Crippen LogP contribution is -2.71. The van der Waals surface area contributed by atoms with Gasteiger partial charge in [0.15, 0.2) is 31.4 Å². The van der Waals surface area contributed by atoms with Gasteiger partial charge in [0.25, 0.3) is 0 Å². The molecule has 5 fully saturated rings. The molecule has 4 aromatic rings. The molecule has 0 saturated carbocycles. The van der Waals surface area contributed by atoms with Crippen molar-refractivity contribution >= 4 is 65.6 Å². The van der Waals surface area contributed by atoms with E-state index in [0.717, 1.165) is 31.1 Å². The van der Waals surface area contributed by atoms with Crippen molar-refractivity contribution in [3.8, 4) is 22.5 Å². The Balaban J connectivity index is 0.730. The average Bonchev–Trinajstić information content (AvgIpc) is 1.67. The van der Waals surface area contributed by atoms with Crippen LogP contribution in [0.15, 0.2) is 90.5 Å². The number of benzene rings is 3. The van der Waals surface area contributed by atoms with E-state index in [1.807, 2.05) is 42.5 Å². The summed E-state index contributed by atoms with van der Waals surface area (Å²) in [5.41, 5.74) is 3.16. The number of aromatic nitrogens is 3. The number of carboxylic acid groups (broad SMARTS) is 1. The Labute approximate surface area is 701 Å². The second kappa shape index (κ2) is 44.5. The highest BCUT2D eigenvalue weighted by Gasteiger charge is 2.57. The molecule has 44 nitrogen and oxygen atoms in total. The zero-order valence-electron chi connectivity index (χ0n) is 66.9. The van der Waals surface area contributed by atoms with Crippen molar-refractivity contribution in [3.63, 3.8) is 0 Å². The van der Waals surface area contributed by atoms with E-state index >= 15 is 0 Å². The summed E-state index contributed by atoms with van der Waals surface area (Å²) in [6.45, 7) is -2.23. The first-order chi connectivity index (χ1) is 58.9. The number of hydrogen-bond donors (Lipinski definition) is 21. The molecule has 0 bridgehead atoms. The van der Waals surface area contributed by atoms with Gasteiger partial charge in [0.2, 0.25) is 29.5 Å². The minimum Gasteiger partial charge on any atom is -0.480 e. The van der Waals surface area contributed by atoms with Gasteiger partial charge in [0.05, 0.1) is 70.0 Å². The molecule has 5 saturated heterocycles. The van der Waals surface area contributed by atoms with Crippen molar-refractivity contribution in [2.24, 2.45) is 0 Å². The largest absolute Gasteiger partial charge is 0.480 e. The number of rotatable bonds is 37. The molecule has 25 atom stereocenters. The molecule has 123 heavy (non-hydrogen) atoms. The number of nitrogens with one attached hydrogen (secondary N) is 6. The molecule has 3 aromatic carbocycles. The van der Waals surface area contributed by atoms with E-state index < -0.39 is 265 Å². The SMILES string of the molecule is CCOC(=O)C(/C=C/c1ccc(NC(=O)CNC(=O)OC2Cc3ccccc3-c3nnn(CCCCCCC(=O)NC(CC(=O)N[C@@H]4OC(CO)[C@@H](O[C@@H]5OC(CO)[C@@H](O[C@@H]6OC(CO[C@H]7OC(CO)[C@@H](O)C(O)C7O)[C@@H](O)C(O[C@H]7OC(CO)(CO)CC(O)C7O)C6O)C(O)C5NC(C)=O)C(O)C4NC(C)=O)C(=O)O)c3-c3ccccc32)cc1)=C/C=O. The Morgan fingerprint density at radius 2 is 1.25 bits per heavy atom. The molecule has 6 amide bonds. The van der Waals surface area contributed by atoms with Crippen molar-refractivity contribution in [1.82, 2.24) is 41.6 Å². The molecule has 44 heteroatoms. The maximum atomic E-state index is 13.8. The molecule has 1 aromatic heterocycles. The molecule has 676 valence electrons. The van der Waals surface area contributed by atoms with E-state index in [1.165, 1.54) is 6.08 Å². The number of aliphatic hydroxyl groups excluding tert-OH is 14. The van der Waals surface area contributed by atoms with Gasteiger partial charge < -0.3 is 161 Å². The van der Waals surface area contributed by atoms with Crippen LogP contribution in [-0.4, -0.2) is 351 Å². The van der Waals surface area contributed by atoms with Crippen LogP contribution in [0, 0.1) is 0 Å². The van der Waals surface area contributed by atoms with Crippen LogP contribution in [0.5, 0.6) is 0 Å². The number of unbranched alkanes of at least 4 members (excludes halogenated alkanes) is 3. The zero-order valence-corrected chi connectivity index (χ0v) is 66.9. The minimum absolute atomic E-state index is 0.0488. The number of aliphatic carboxylic acids is 1. The smallest absolute Gasteiger partial charge is 0.408 e. The van der Waals surface area contributed by atoms with E-state index in [4.69, 9.17) is 52.1 Å². The molecular weight excluding hydrogens is 1630 g/mol. The number of esters is 1. The lowest BCUT2D eigenvalue weighted by molar-refractivity contribution is -0.386. The summed E-state index contributed by atoms with van der Waals surface area (Å²) in [6, 6.07) is 15.8. The second-order valence-corrected chi connectivity index (χ2v) is 30.1. The third-order valence-electron chi connectivity index (χ3n) is 21.4. The van der Waals surface area contributed by atoms with Gasteiger partial charge in [-0.05, 0) is 55.2 Å². The van der Waals surface area contributed by atoms with Crippen molar-refractivity contribution in [1.29, 1.82) is 0 Å². The highest BCUT2D eigenvalue weighted by molar-refractivity contribution is 5.97. The summed E-state index contributed by atoms with van der Waals surface area (Å²) in [5.74, 6) is -6.45. The fourth-order valence-corrected chi connectivity index (χ4v) is 15.0. The average molecular weight is 1740 g/mol. The number of carboxylic acids is 1. The summed E-state index contributed by atoms with van der Waals surface area (Å²) in [6.07, 6.45) is -37.8. The lowest BCUT2D eigenvalue weighted by atomic mass is 9.87. The number of carbonyl (C=O) groups is 9. The van der Waals surface area contributed by atoms with Gasteiger partial charge >= 0.3 is 18.0 Å². The van der Waals surface area contributed by atoms with Crippen LogP contribution in [-0.2, 0) is 103 Å². The number of hydrogen-bond acceptors (Lipinski definition) is 36. The number of aldehydes is 1. The summed E-state index contributed by atoms with van der Waals surface area (Å²) in [7, 11) is 0. The van der Waals surface area contributed by atoms with E-state index in [1.54, 1.807) is 48.0 Å². The van der Waals surface area contributed by atoms with Gasteiger partial charge in [-0.3, -0.25) is 28.8 Å². The summed E-state index contributed by atoms with van der Waals surface area (Å²) in [5, 5.41) is 187. The molecule has 16 unspecified atom stereocenters. The van der Waals surface area contributed by atoms with Crippen LogP contribution in [0.25, 0.3) is 28.6 Å². The van der Waals surface area contributed by atoms with Gasteiger partial charge in [-0.15, -0.1) is 5.10 Å². The monoisotopic (exact) mass is 1740 g/mol. The number of fused-ring (bicyclic) bond motifs is 5. The van der Waals surface area contributed by atoms with Gasteiger partial charge in [0, 0.05) is 62.0 Å². The Morgan fingerprint density at radius 1 is 0.626 bits per heavy atom. The number of ether oxygens (including phenoxy) is 11. The van der Waals surface area contributed by atoms with Gasteiger partial charge in [-0.25, -0.2) is 19.1 Å². The first-order valence-corrected chi connectivity index (χ1v) is 39.7. The van der Waals surface area contributed by atoms with Crippen molar-refractivity contribution in [2.75, 3.05) is 58.1 Å². The predicted molar refractivity (Wildman–Crippen MR) is 414 cm³/mol. The molecular formula is C79H105N9O35. The van der Waals surface area contributed by atoms with E-state index in [2.05, 4.69) is 42.2 Å². The van der Waals surface area contributed by atoms with Crippen molar-refractivity contribution in [2.45, 2.75) is 238 Å². The zero-order chi connectivity index (χ0) is 89.1. The number of aliphatic hydroxyl groups is 14. The highest BCUT2D eigenvalue weighted by atomic mass is 16.8. The minimum atomic E-state index is -2.29. The molecule has 0 spiro atoms. The fraction of sp³-hybridized carbons (Fsp3) is 0.582. The fourth-order valence-electron chi connectivity index (χ4n) is 15.0. The quantitative estimate of drug-likeness (QED) is 0.00657. The Kier molecular flexibility index (Phi) is 34.6. The van der Waals surface area contributed by atoms with E-state index in [0.29, 0.717) is 65.9 Å². The highest BCUT2D eigenvalue weighted by Crippen LogP contribution is 2.43. The molecule has 1 aliphatic carbocycles. The Hall–Kier alpha value is -9.41. The molecule has 6 aliphatic rings. The summed E-state index contributed by atoms with van der Waals surface area (Å²) < 4.78 is 65.6. The van der Waals surface area contributed by atoms with Crippen LogP contribution in [0.3, 0.4) is 0 Å². The van der Waals surface area contributed by atoms with Crippen molar-refractivity contribution in [3.05, 3.63) is 107 Å². The first kappa shape index (κ1) is 95.8. The van der Waals surface area contributed by atoms with Crippen LogP contribution in [0.2, 0.25) is 0 Å².